The first-order valence-corrected chi connectivity index (χ1v) is 7.19. The Labute approximate surface area is 128 Å². The molecule has 1 heterocycles. The van der Waals surface area contributed by atoms with Gasteiger partial charge in [0.15, 0.2) is 0 Å². The maximum atomic E-state index is 13.8. The summed E-state index contributed by atoms with van der Waals surface area (Å²) in [6.07, 6.45) is 0. The molecule has 0 bridgehead atoms. The Hall–Kier alpha value is -1.79. The molecule has 6 heteroatoms. The Kier molecular flexibility index (Phi) is 5.26. The summed E-state index contributed by atoms with van der Waals surface area (Å²) < 4.78 is 32.6. The summed E-state index contributed by atoms with van der Waals surface area (Å²) in [5.41, 5.74) is 0.661. The number of rotatable bonds is 6. The third-order valence-corrected chi connectivity index (χ3v) is 3.52. The first-order chi connectivity index (χ1) is 10.4. The Morgan fingerprint density at radius 1 is 1.32 bits per heavy atom. The van der Waals surface area contributed by atoms with Crippen LogP contribution in [-0.2, 0) is 6.54 Å². The second-order valence-electron chi connectivity index (χ2n) is 5.43. The topological polar surface area (TPSA) is 49.5 Å². The minimum atomic E-state index is -0.578. The highest BCUT2D eigenvalue weighted by atomic mass is 19.1. The van der Waals surface area contributed by atoms with Crippen LogP contribution in [-0.4, -0.2) is 34.2 Å². The standard InChI is InChI=1S/C16H20F2N2O2/c1-10(2)20(6-7-21)9-15-11(3)22-16(19-15)13-8-12(17)4-5-14(13)18/h4-5,8,10,21H,6-7,9H2,1-3H3. The smallest absolute Gasteiger partial charge is 0.229 e. The molecule has 1 N–H and O–H groups in total. The highest BCUT2D eigenvalue weighted by Crippen LogP contribution is 2.26. The van der Waals surface area contributed by atoms with E-state index in [4.69, 9.17) is 9.52 Å². The van der Waals surface area contributed by atoms with E-state index in [9.17, 15) is 8.78 Å². The van der Waals surface area contributed by atoms with Crippen LogP contribution in [0.25, 0.3) is 11.5 Å². The van der Waals surface area contributed by atoms with Crippen molar-refractivity contribution in [1.29, 1.82) is 0 Å². The molecule has 0 aliphatic carbocycles. The van der Waals surface area contributed by atoms with Crippen LogP contribution in [0.15, 0.2) is 22.6 Å². The average molecular weight is 310 g/mol. The molecule has 120 valence electrons. The Morgan fingerprint density at radius 2 is 2.05 bits per heavy atom. The Morgan fingerprint density at radius 3 is 2.68 bits per heavy atom. The number of halogens is 2. The van der Waals surface area contributed by atoms with Gasteiger partial charge in [0.25, 0.3) is 0 Å². The monoisotopic (exact) mass is 310 g/mol. The van der Waals surface area contributed by atoms with Crippen molar-refractivity contribution in [3.63, 3.8) is 0 Å². The summed E-state index contributed by atoms with van der Waals surface area (Å²) in [7, 11) is 0. The lowest BCUT2D eigenvalue weighted by atomic mass is 10.2. The average Bonchev–Trinajstić information content (AvgIpc) is 2.82. The van der Waals surface area contributed by atoms with Gasteiger partial charge in [0, 0.05) is 19.1 Å². The van der Waals surface area contributed by atoms with Crippen molar-refractivity contribution < 1.29 is 18.3 Å². The zero-order chi connectivity index (χ0) is 16.3. The molecule has 4 nitrogen and oxygen atoms in total. The van der Waals surface area contributed by atoms with Gasteiger partial charge in [-0.3, -0.25) is 4.90 Å². The van der Waals surface area contributed by atoms with Crippen molar-refractivity contribution in [2.45, 2.75) is 33.4 Å². The Bertz CT molecular complexity index is 641. The predicted molar refractivity (Wildman–Crippen MR) is 79.2 cm³/mol. The van der Waals surface area contributed by atoms with E-state index < -0.39 is 11.6 Å². The molecule has 0 radical (unpaired) electrons. The van der Waals surface area contributed by atoms with E-state index in [2.05, 4.69) is 4.98 Å². The van der Waals surface area contributed by atoms with Crippen molar-refractivity contribution in [3.8, 4) is 11.5 Å². The number of aryl methyl sites for hydroxylation is 1. The van der Waals surface area contributed by atoms with Gasteiger partial charge in [-0.05, 0) is 39.0 Å². The quantitative estimate of drug-likeness (QED) is 0.890. The minimum absolute atomic E-state index is 0.00704. The fourth-order valence-electron chi connectivity index (χ4n) is 2.19. The van der Waals surface area contributed by atoms with Gasteiger partial charge in [0.1, 0.15) is 17.4 Å². The van der Waals surface area contributed by atoms with Crippen molar-refractivity contribution >= 4 is 0 Å². The first-order valence-electron chi connectivity index (χ1n) is 7.19. The fraction of sp³-hybridized carbons (Fsp3) is 0.438. The second-order valence-corrected chi connectivity index (χ2v) is 5.43. The van der Waals surface area contributed by atoms with Gasteiger partial charge in [0.05, 0.1) is 17.9 Å². The maximum absolute atomic E-state index is 13.8. The molecule has 2 aromatic rings. The van der Waals surface area contributed by atoms with Crippen LogP contribution in [0.1, 0.15) is 25.3 Å². The number of nitrogens with zero attached hydrogens (tertiary/aromatic N) is 2. The van der Waals surface area contributed by atoms with Crippen molar-refractivity contribution in [2.24, 2.45) is 0 Å². The van der Waals surface area contributed by atoms with Gasteiger partial charge in [-0.25, -0.2) is 13.8 Å². The number of hydrogen-bond acceptors (Lipinski definition) is 4. The molecular weight excluding hydrogens is 290 g/mol. The largest absolute Gasteiger partial charge is 0.441 e. The SMILES string of the molecule is Cc1oc(-c2cc(F)ccc2F)nc1CN(CCO)C(C)C. The van der Waals surface area contributed by atoms with E-state index in [1.165, 1.54) is 0 Å². The van der Waals surface area contributed by atoms with E-state index in [0.29, 0.717) is 24.5 Å². The number of benzene rings is 1. The van der Waals surface area contributed by atoms with Crippen LogP contribution in [0.2, 0.25) is 0 Å². The van der Waals surface area contributed by atoms with Crippen LogP contribution >= 0.6 is 0 Å². The molecule has 0 aliphatic heterocycles. The third-order valence-electron chi connectivity index (χ3n) is 3.52. The van der Waals surface area contributed by atoms with E-state index in [0.717, 1.165) is 18.2 Å². The molecule has 0 saturated carbocycles. The molecule has 0 fully saturated rings. The molecule has 0 spiro atoms. The lowest BCUT2D eigenvalue weighted by Crippen LogP contribution is -2.33. The van der Waals surface area contributed by atoms with Crippen LogP contribution < -0.4 is 0 Å². The van der Waals surface area contributed by atoms with E-state index in [1.54, 1.807) is 6.92 Å². The Balaban J connectivity index is 2.29. The summed E-state index contributed by atoms with van der Waals surface area (Å²) in [6.45, 7) is 6.79. The molecule has 1 aromatic carbocycles. The zero-order valence-electron chi connectivity index (χ0n) is 12.9. The van der Waals surface area contributed by atoms with Crippen LogP contribution in [0.4, 0.5) is 8.78 Å². The fourth-order valence-corrected chi connectivity index (χ4v) is 2.19. The number of aromatic nitrogens is 1. The molecule has 2 rings (SSSR count). The second kappa shape index (κ2) is 6.98. The predicted octanol–water partition coefficient (Wildman–Crippen LogP) is 3.13. The highest BCUT2D eigenvalue weighted by molar-refractivity contribution is 5.54. The zero-order valence-corrected chi connectivity index (χ0v) is 12.9. The molecule has 0 unspecified atom stereocenters. The normalized spacial score (nSPS) is 11.6. The van der Waals surface area contributed by atoms with E-state index in [-0.39, 0.29) is 24.1 Å². The molecule has 0 aliphatic rings. The van der Waals surface area contributed by atoms with Crippen molar-refractivity contribution in [1.82, 2.24) is 9.88 Å². The van der Waals surface area contributed by atoms with Crippen molar-refractivity contribution in [3.05, 3.63) is 41.3 Å². The van der Waals surface area contributed by atoms with Gasteiger partial charge in [-0.2, -0.15) is 0 Å². The molecule has 1 aromatic heterocycles. The summed E-state index contributed by atoms with van der Waals surface area (Å²) >= 11 is 0. The summed E-state index contributed by atoms with van der Waals surface area (Å²) in [6, 6.07) is 3.39. The number of hydrogen-bond donors (Lipinski definition) is 1. The van der Waals surface area contributed by atoms with Crippen LogP contribution in [0.5, 0.6) is 0 Å². The van der Waals surface area contributed by atoms with Gasteiger partial charge < -0.3 is 9.52 Å². The molecule has 22 heavy (non-hydrogen) atoms. The maximum Gasteiger partial charge on any atom is 0.229 e. The van der Waals surface area contributed by atoms with Gasteiger partial charge in [0.2, 0.25) is 5.89 Å². The lowest BCUT2D eigenvalue weighted by molar-refractivity contribution is 0.157. The van der Waals surface area contributed by atoms with E-state index >= 15 is 0 Å². The summed E-state index contributed by atoms with van der Waals surface area (Å²) in [5.74, 6) is -0.498. The number of oxazole rings is 1. The minimum Gasteiger partial charge on any atom is -0.441 e. The molecule has 0 saturated heterocycles. The van der Waals surface area contributed by atoms with Gasteiger partial charge >= 0.3 is 0 Å². The highest BCUT2D eigenvalue weighted by Gasteiger charge is 2.18. The van der Waals surface area contributed by atoms with E-state index in [1.807, 2.05) is 18.7 Å². The summed E-state index contributed by atoms with van der Waals surface area (Å²) in [5, 5.41) is 9.11. The molecular formula is C16H20F2N2O2. The van der Waals surface area contributed by atoms with Crippen molar-refractivity contribution in [2.75, 3.05) is 13.2 Å². The molecule has 0 atom stereocenters. The third kappa shape index (κ3) is 3.69. The first kappa shape index (κ1) is 16.6. The number of aliphatic hydroxyl groups excluding tert-OH is 1. The number of aliphatic hydroxyl groups is 1. The summed E-state index contributed by atoms with van der Waals surface area (Å²) in [4.78, 5) is 6.31. The van der Waals surface area contributed by atoms with Crippen LogP contribution in [0, 0.1) is 18.6 Å². The van der Waals surface area contributed by atoms with Gasteiger partial charge in [-0.1, -0.05) is 0 Å². The molecule has 0 amide bonds. The lowest BCUT2D eigenvalue weighted by Gasteiger charge is -2.24. The van der Waals surface area contributed by atoms with Gasteiger partial charge in [-0.15, -0.1) is 0 Å². The van der Waals surface area contributed by atoms with Crippen LogP contribution in [0.3, 0.4) is 0 Å².